The van der Waals surface area contributed by atoms with E-state index in [2.05, 4.69) is 4.90 Å². The van der Waals surface area contributed by atoms with Crippen LogP contribution in [0.5, 0.6) is 0 Å². The van der Waals surface area contributed by atoms with Crippen molar-refractivity contribution < 1.29 is 14.6 Å². The molecule has 0 bridgehead atoms. The van der Waals surface area contributed by atoms with Crippen molar-refractivity contribution in [2.24, 2.45) is 0 Å². The molecule has 0 amide bonds. The summed E-state index contributed by atoms with van der Waals surface area (Å²) in [5, 5.41) is 10.2. The van der Waals surface area contributed by atoms with E-state index >= 15 is 0 Å². The number of hydrogen-bond donors (Lipinski definition) is 2. The van der Waals surface area contributed by atoms with Gasteiger partial charge in [0.2, 0.25) is 0 Å². The molecule has 0 aromatic heterocycles. The van der Waals surface area contributed by atoms with E-state index < -0.39 is 5.60 Å². The van der Waals surface area contributed by atoms with Crippen LogP contribution in [-0.2, 0) is 4.74 Å². The zero-order valence-electron chi connectivity index (χ0n) is 12.1. The van der Waals surface area contributed by atoms with Crippen LogP contribution in [0.3, 0.4) is 0 Å². The summed E-state index contributed by atoms with van der Waals surface area (Å²) in [6.45, 7) is 3.30. The number of para-hydroxylation sites is 1. The minimum atomic E-state index is -0.649. The largest absolute Gasteiger partial charge is 0.465 e. The minimum absolute atomic E-state index is 0.386. The third-order valence-electron chi connectivity index (χ3n) is 3.85. The molecule has 0 aliphatic carbocycles. The summed E-state index contributed by atoms with van der Waals surface area (Å²) in [7, 11) is 1.36. The van der Waals surface area contributed by atoms with E-state index in [4.69, 9.17) is 10.5 Å². The minimum Gasteiger partial charge on any atom is -0.465 e. The molecule has 110 valence electrons. The van der Waals surface area contributed by atoms with Crippen molar-refractivity contribution in [1.29, 1.82) is 0 Å². The number of nitrogens with two attached hydrogens (primary N) is 1. The molecule has 3 N–H and O–H groups in total. The van der Waals surface area contributed by atoms with Crippen LogP contribution in [0.4, 0.5) is 11.4 Å². The summed E-state index contributed by atoms with van der Waals surface area (Å²) in [6.07, 6.45) is 2.27. The Hall–Kier alpha value is -1.75. The Bertz CT molecular complexity index is 500. The third kappa shape index (κ3) is 3.04. The van der Waals surface area contributed by atoms with Gasteiger partial charge < -0.3 is 20.5 Å². The highest BCUT2D eigenvalue weighted by Gasteiger charge is 2.27. The van der Waals surface area contributed by atoms with Crippen LogP contribution >= 0.6 is 0 Å². The summed E-state index contributed by atoms with van der Waals surface area (Å²) in [5.41, 5.74) is 7.17. The molecule has 2 rings (SSSR count). The second kappa shape index (κ2) is 5.71. The summed E-state index contributed by atoms with van der Waals surface area (Å²) in [6, 6.07) is 5.25. The average molecular weight is 278 g/mol. The quantitative estimate of drug-likeness (QED) is 0.637. The lowest BCUT2D eigenvalue weighted by Crippen LogP contribution is -2.30. The van der Waals surface area contributed by atoms with Crippen LogP contribution in [0.25, 0.3) is 0 Å². The molecule has 5 nitrogen and oxygen atoms in total. The molecule has 0 saturated carbocycles. The van der Waals surface area contributed by atoms with Gasteiger partial charge in [-0.15, -0.1) is 0 Å². The zero-order valence-corrected chi connectivity index (χ0v) is 12.1. The second-order valence-corrected chi connectivity index (χ2v) is 5.57. The highest BCUT2D eigenvalue weighted by Crippen LogP contribution is 2.32. The Balaban J connectivity index is 2.34. The van der Waals surface area contributed by atoms with E-state index in [1.807, 2.05) is 6.92 Å². The smallest absolute Gasteiger partial charge is 0.340 e. The molecule has 20 heavy (non-hydrogen) atoms. The first kappa shape index (κ1) is 14.7. The first-order chi connectivity index (χ1) is 9.44. The molecule has 1 unspecified atom stereocenters. The van der Waals surface area contributed by atoms with Crippen LogP contribution < -0.4 is 10.6 Å². The maximum Gasteiger partial charge on any atom is 0.340 e. The standard InChI is InChI=1S/C15H22N2O3/c1-15(19)7-4-9-17(10-8-15)13-11(14(18)20-2)5-3-6-12(13)16/h3,5-6,19H,4,7-10,16H2,1-2H3. The van der Waals surface area contributed by atoms with Gasteiger partial charge in [0.25, 0.3) is 0 Å². The van der Waals surface area contributed by atoms with E-state index in [-0.39, 0.29) is 5.97 Å². The first-order valence-electron chi connectivity index (χ1n) is 6.89. The van der Waals surface area contributed by atoms with E-state index in [0.29, 0.717) is 24.2 Å². The zero-order chi connectivity index (χ0) is 14.8. The Morgan fingerprint density at radius 3 is 2.85 bits per heavy atom. The molecule has 0 radical (unpaired) electrons. The Labute approximate surface area is 119 Å². The molecule has 1 saturated heterocycles. The van der Waals surface area contributed by atoms with Gasteiger partial charge in [-0.05, 0) is 38.3 Å². The summed E-state index contributed by atoms with van der Waals surface area (Å²) < 4.78 is 4.82. The number of ether oxygens (including phenoxy) is 1. The van der Waals surface area contributed by atoms with E-state index in [1.54, 1.807) is 18.2 Å². The molecule has 1 aromatic carbocycles. The third-order valence-corrected chi connectivity index (χ3v) is 3.85. The Morgan fingerprint density at radius 2 is 2.15 bits per heavy atom. The van der Waals surface area contributed by atoms with Crippen molar-refractivity contribution in [1.82, 2.24) is 0 Å². The Morgan fingerprint density at radius 1 is 1.40 bits per heavy atom. The SMILES string of the molecule is COC(=O)c1cccc(N)c1N1CCCC(C)(O)CC1. The fourth-order valence-corrected chi connectivity index (χ4v) is 2.68. The highest BCUT2D eigenvalue weighted by molar-refractivity contribution is 5.99. The molecule has 1 atom stereocenters. The normalized spacial score (nSPS) is 23.2. The van der Waals surface area contributed by atoms with Crippen LogP contribution in [-0.4, -0.2) is 36.9 Å². The van der Waals surface area contributed by atoms with Gasteiger partial charge in [0, 0.05) is 13.1 Å². The van der Waals surface area contributed by atoms with Gasteiger partial charge in [0.05, 0.1) is 29.6 Å². The number of methoxy groups -OCH3 is 1. The van der Waals surface area contributed by atoms with Crippen LogP contribution in [0.15, 0.2) is 18.2 Å². The number of nitrogen functional groups attached to an aromatic ring is 1. The van der Waals surface area contributed by atoms with Gasteiger partial charge in [-0.3, -0.25) is 0 Å². The van der Waals surface area contributed by atoms with Crippen molar-refractivity contribution in [3.8, 4) is 0 Å². The van der Waals surface area contributed by atoms with Gasteiger partial charge in [-0.2, -0.15) is 0 Å². The van der Waals surface area contributed by atoms with E-state index in [0.717, 1.165) is 25.1 Å². The Kier molecular flexibility index (Phi) is 4.18. The van der Waals surface area contributed by atoms with Gasteiger partial charge in [-0.25, -0.2) is 4.79 Å². The number of nitrogens with zero attached hydrogens (tertiary/aromatic N) is 1. The first-order valence-corrected chi connectivity index (χ1v) is 6.89. The number of aliphatic hydroxyl groups is 1. The van der Waals surface area contributed by atoms with Crippen molar-refractivity contribution in [2.75, 3.05) is 30.8 Å². The maximum absolute atomic E-state index is 11.9. The number of benzene rings is 1. The number of esters is 1. The average Bonchev–Trinajstić information content (AvgIpc) is 2.58. The van der Waals surface area contributed by atoms with Crippen LogP contribution in [0, 0.1) is 0 Å². The lowest BCUT2D eigenvalue weighted by Gasteiger charge is -2.27. The number of carbonyl (C=O) groups excluding carboxylic acids is 1. The van der Waals surface area contributed by atoms with Crippen molar-refractivity contribution in [2.45, 2.75) is 31.8 Å². The highest BCUT2D eigenvalue weighted by atomic mass is 16.5. The predicted molar refractivity (Wildman–Crippen MR) is 78.9 cm³/mol. The topological polar surface area (TPSA) is 75.8 Å². The van der Waals surface area contributed by atoms with E-state index in [9.17, 15) is 9.90 Å². The molecule has 5 heteroatoms. The lowest BCUT2D eigenvalue weighted by atomic mass is 9.98. The molecule has 0 spiro atoms. The predicted octanol–water partition coefficient (Wildman–Crippen LogP) is 1.80. The van der Waals surface area contributed by atoms with Gasteiger partial charge in [0.1, 0.15) is 0 Å². The van der Waals surface area contributed by atoms with Crippen LogP contribution in [0.2, 0.25) is 0 Å². The molecule has 1 aliphatic heterocycles. The van der Waals surface area contributed by atoms with Gasteiger partial charge >= 0.3 is 5.97 Å². The monoisotopic (exact) mass is 278 g/mol. The molecule has 1 heterocycles. The molecule has 1 aromatic rings. The summed E-state index contributed by atoms with van der Waals surface area (Å²) in [4.78, 5) is 14.0. The molecule has 1 aliphatic rings. The van der Waals surface area contributed by atoms with Gasteiger partial charge in [-0.1, -0.05) is 6.07 Å². The number of hydrogen-bond acceptors (Lipinski definition) is 5. The second-order valence-electron chi connectivity index (χ2n) is 5.57. The van der Waals surface area contributed by atoms with Crippen molar-refractivity contribution in [3.05, 3.63) is 23.8 Å². The van der Waals surface area contributed by atoms with E-state index in [1.165, 1.54) is 7.11 Å². The fraction of sp³-hybridized carbons (Fsp3) is 0.533. The lowest BCUT2D eigenvalue weighted by molar-refractivity contribution is 0.0481. The van der Waals surface area contributed by atoms with Gasteiger partial charge in [0.15, 0.2) is 0 Å². The maximum atomic E-state index is 11.9. The number of anilines is 2. The summed E-state index contributed by atoms with van der Waals surface area (Å²) in [5.74, 6) is -0.386. The van der Waals surface area contributed by atoms with Crippen molar-refractivity contribution in [3.63, 3.8) is 0 Å². The fourth-order valence-electron chi connectivity index (χ4n) is 2.68. The number of rotatable bonds is 2. The molecular weight excluding hydrogens is 256 g/mol. The number of carbonyl (C=O) groups is 1. The van der Waals surface area contributed by atoms with Crippen molar-refractivity contribution >= 4 is 17.3 Å². The molecule has 1 fully saturated rings. The van der Waals surface area contributed by atoms with Crippen LogP contribution in [0.1, 0.15) is 36.5 Å². The summed E-state index contributed by atoms with van der Waals surface area (Å²) >= 11 is 0. The molecular formula is C15H22N2O3.